The van der Waals surface area contributed by atoms with Crippen LogP contribution in [0.4, 0.5) is 17.1 Å². The summed E-state index contributed by atoms with van der Waals surface area (Å²) in [5.41, 5.74) is 10.1. The molecule has 1 aliphatic rings. The lowest BCUT2D eigenvalue weighted by Gasteiger charge is -2.31. The van der Waals surface area contributed by atoms with Crippen molar-refractivity contribution in [1.29, 1.82) is 0 Å². The van der Waals surface area contributed by atoms with Crippen LogP contribution in [0, 0.1) is 0 Å². The number of hydrogen-bond acceptors (Lipinski definition) is 3. The highest BCUT2D eigenvalue weighted by Gasteiger charge is 2.26. The van der Waals surface area contributed by atoms with Gasteiger partial charge in [-0.05, 0) is 77.1 Å². The molecule has 55 heavy (non-hydrogen) atoms. The van der Waals surface area contributed by atoms with Crippen LogP contribution in [-0.2, 0) is 0 Å². The Labute approximate surface area is 329 Å². The highest BCUT2D eigenvalue weighted by Crippen LogP contribution is 2.52. The van der Waals surface area contributed by atoms with E-state index in [2.05, 4.69) is 175 Å². The fraction of sp³-hybridized carbons (Fsp3) is 0.115. The van der Waals surface area contributed by atoms with Gasteiger partial charge in [0.25, 0.3) is 0 Å². The fourth-order valence-corrected chi connectivity index (χ4v) is 11.8. The highest BCUT2D eigenvalue weighted by atomic mass is 32.1. The van der Waals surface area contributed by atoms with E-state index in [0.29, 0.717) is 5.92 Å². The third kappa shape index (κ3) is 5.40. The van der Waals surface area contributed by atoms with Gasteiger partial charge in [0, 0.05) is 57.0 Å². The van der Waals surface area contributed by atoms with E-state index in [-0.39, 0.29) is 0 Å². The molecule has 0 spiro atoms. The zero-order chi connectivity index (χ0) is 36.3. The smallest absolute Gasteiger partial charge is 0.0555 e. The van der Waals surface area contributed by atoms with Gasteiger partial charge in [-0.3, -0.25) is 0 Å². The van der Waals surface area contributed by atoms with E-state index < -0.39 is 0 Å². The molecule has 11 rings (SSSR count). The summed E-state index contributed by atoms with van der Waals surface area (Å²) in [4.78, 5) is 2.58. The van der Waals surface area contributed by atoms with Crippen LogP contribution in [0.2, 0.25) is 0 Å². The van der Waals surface area contributed by atoms with Gasteiger partial charge < -0.3 is 4.90 Å². The molecule has 10 aromatic rings. The Bertz CT molecular complexity index is 3040. The molecule has 1 nitrogen and oxygen atoms in total. The summed E-state index contributed by atoms with van der Waals surface area (Å²) < 4.78 is 5.27. The minimum atomic E-state index is 0.593. The van der Waals surface area contributed by atoms with Gasteiger partial charge in [0.05, 0.1) is 17.1 Å². The topological polar surface area (TPSA) is 3.24 Å². The van der Waals surface area contributed by atoms with E-state index in [1.165, 1.54) is 128 Å². The average molecular weight is 742 g/mol. The second-order valence-electron chi connectivity index (χ2n) is 15.0. The molecule has 0 amide bonds. The fourth-order valence-electron chi connectivity index (χ4n) is 9.43. The van der Waals surface area contributed by atoms with Crippen molar-refractivity contribution in [3.63, 3.8) is 0 Å². The summed E-state index contributed by atoms with van der Waals surface area (Å²) >= 11 is 3.78. The van der Waals surface area contributed by atoms with E-state index in [1.807, 2.05) is 22.7 Å². The van der Waals surface area contributed by atoms with E-state index in [4.69, 9.17) is 0 Å². The molecule has 1 saturated carbocycles. The number of hydrogen-bond donors (Lipinski definition) is 0. The number of anilines is 3. The van der Waals surface area contributed by atoms with Crippen molar-refractivity contribution in [2.45, 2.75) is 38.0 Å². The Kier molecular flexibility index (Phi) is 8.04. The minimum absolute atomic E-state index is 0.593. The maximum absolute atomic E-state index is 2.58. The third-order valence-corrected chi connectivity index (χ3v) is 14.2. The first-order valence-corrected chi connectivity index (χ1v) is 21.3. The molecule has 2 aromatic heterocycles. The van der Waals surface area contributed by atoms with Crippen molar-refractivity contribution in [3.8, 4) is 22.3 Å². The zero-order valence-corrected chi connectivity index (χ0v) is 32.2. The third-order valence-electron chi connectivity index (χ3n) is 11.9. The molecule has 0 N–H and O–H groups in total. The SMILES string of the molecule is c1ccc(N(c2ccccc2-c2cccc3cccc(C4CCCCC4)c23)c2cccc3sc4ccccc4c23)c(-c2cccc3c2sc2ccccc23)c1. The first-order chi connectivity index (χ1) is 27.3. The maximum atomic E-state index is 2.58. The monoisotopic (exact) mass is 741 g/mol. The predicted molar refractivity (Wildman–Crippen MR) is 241 cm³/mol. The summed E-state index contributed by atoms with van der Waals surface area (Å²) in [6.07, 6.45) is 6.52. The lowest BCUT2D eigenvalue weighted by Crippen LogP contribution is -2.13. The summed E-state index contributed by atoms with van der Waals surface area (Å²) in [7, 11) is 0. The number of thiophene rings is 2. The number of rotatable bonds is 6. The molecule has 0 atom stereocenters. The normalized spacial score (nSPS) is 13.7. The predicted octanol–water partition coefficient (Wildman–Crippen LogP) is 16.4. The summed E-state index contributed by atoms with van der Waals surface area (Å²) in [6, 6.07) is 63.6. The van der Waals surface area contributed by atoms with Crippen LogP contribution in [0.1, 0.15) is 43.6 Å². The van der Waals surface area contributed by atoms with Gasteiger partial charge in [-0.2, -0.15) is 0 Å². The Morgan fingerprint density at radius 2 is 0.927 bits per heavy atom. The molecule has 2 heterocycles. The van der Waals surface area contributed by atoms with Gasteiger partial charge in [-0.1, -0.05) is 153 Å². The van der Waals surface area contributed by atoms with E-state index >= 15 is 0 Å². The van der Waals surface area contributed by atoms with E-state index in [9.17, 15) is 0 Å². The number of fused-ring (bicyclic) bond motifs is 7. The van der Waals surface area contributed by atoms with Crippen molar-refractivity contribution in [1.82, 2.24) is 0 Å². The molecule has 8 aromatic carbocycles. The van der Waals surface area contributed by atoms with Crippen LogP contribution in [0.5, 0.6) is 0 Å². The van der Waals surface area contributed by atoms with Crippen LogP contribution in [0.3, 0.4) is 0 Å². The van der Waals surface area contributed by atoms with Crippen LogP contribution < -0.4 is 4.90 Å². The van der Waals surface area contributed by atoms with E-state index in [1.54, 1.807) is 0 Å². The van der Waals surface area contributed by atoms with Crippen molar-refractivity contribution in [3.05, 3.63) is 175 Å². The molecule has 0 aliphatic heterocycles. The average Bonchev–Trinajstić information content (AvgIpc) is 3.83. The summed E-state index contributed by atoms with van der Waals surface area (Å²) in [5.74, 6) is 0.593. The van der Waals surface area contributed by atoms with Crippen molar-refractivity contribution in [2.75, 3.05) is 4.90 Å². The standard InChI is InChI=1S/C52H39NS2/c1-2-16-34(17-3-1)36-24-12-18-35-19-13-25-40(50(35)36)37-20-4-8-28-44(37)53(46-30-15-33-49-51(46)43-23-7-11-32-48(43)54-49)45-29-9-5-21-38(45)41-26-14-27-42-39-22-6-10-31-47(39)55-52(41)42/h4-15,18-34H,1-3,16-17H2. The molecule has 264 valence electrons. The Morgan fingerprint density at radius 1 is 0.382 bits per heavy atom. The molecule has 1 fully saturated rings. The molecule has 0 saturated heterocycles. The molecular weight excluding hydrogens is 703 g/mol. The molecular formula is C52H39NS2. The highest BCUT2D eigenvalue weighted by molar-refractivity contribution is 7.26. The number of benzene rings is 8. The van der Waals surface area contributed by atoms with Gasteiger partial charge in [-0.15, -0.1) is 22.7 Å². The van der Waals surface area contributed by atoms with Crippen LogP contribution in [0.15, 0.2) is 170 Å². The van der Waals surface area contributed by atoms with Gasteiger partial charge >= 0.3 is 0 Å². The van der Waals surface area contributed by atoms with Gasteiger partial charge in [0.15, 0.2) is 0 Å². The second kappa shape index (κ2) is 13.5. The second-order valence-corrected chi connectivity index (χ2v) is 17.1. The van der Waals surface area contributed by atoms with Crippen LogP contribution in [-0.4, -0.2) is 0 Å². The van der Waals surface area contributed by atoms with Crippen molar-refractivity contribution in [2.24, 2.45) is 0 Å². The number of nitrogens with zero attached hydrogens (tertiary/aromatic N) is 1. The van der Waals surface area contributed by atoms with Gasteiger partial charge in [0.1, 0.15) is 0 Å². The Balaban J connectivity index is 1.22. The van der Waals surface area contributed by atoms with Crippen molar-refractivity contribution >= 4 is 90.9 Å². The van der Waals surface area contributed by atoms with Crippen LogP contribution >= 0.6 is 22.7 Å². The molecule has 0 bridgehead atoms. The first-order valence-electron chi connectivity index (χ1n) is 19.6. The summed E-state index contributed by atoms with van der Waals surface area (Å²) in [6.45, 7) is 0. The zero-order valence-electron chi connectivity index (χ0n) is 30.5. The molecule has 0 unspecified atom stereocenters. The van der Waals surface area contributed by atoms with Crippen molar-refractivity contribution < 1.29 is 0 Å². The number of para-hydroxylation sites is 2. The lowest BCUT2D eigenvalue weighted by molar-refractivity contribution is 0.445. The first kappa shape index (κ1) is 32.7. The Hall–Kier alpha value is -5.74. The van der Waals surface area contributed by atoms with E-state index in [0.717, 1.165) is 0 Å². The molecule has 0 radical (unpaired) electrons. The lowest BCUT2D eigenvalue weighted by atomic mass is 9.80. The molecule has 1 aliphatic carbocycles. The molecule has 3 heteroatoms. The quantitative estimate of drug-likeness (QED) is 0.164. The summed E-state index contributed by atoms with van der Waals surface area (Å²) in [5, 5.41) is 7.97. The minimum Gasteiger partial charge on any atom is -0.309 e. The van der Waals surface area contributed by atoms with Gasteiger partial charge in [-0.25, -0.2) is 0 Å². The largest absolute Gasteiger partial charge is 0.309 e. The Morgan fingerprint density at radius 3 is 1.73 bits per heavy atom. The maximum Gasteiger partial charge on any atom is 0.0555 e. The van der Waals surface area contributed by atoms with Gasteiger partial charge in [0.2, 0.25) is 0 Å². The van der Waals surface area contributed by atoms with Crippen LogP contribution in [0.25, 0.3) is 73.4 Å².